The quantitative estimate of drug-likeness (QED) is 0.225. The van der Waals surface area contributed by atoms with Crippen molar-refractivity contribution in [1.29, 1.82) is 0 Å². The van der Waals surface area contributed by atoms with E-state index in [1.165, 1.54) is 36.2 Å². The van der Waals surface area contributed by atoms with Crippen LogP contribution in [0.1, 0.15) is 51.4 Å². The Balaban J connectivity index is 1.14. The van der Waals surface area contributed by atoms with Crippen LogP contribution in [-0.4, -0.2) is 64.3 Å². The van der Waals surface area contributed by atoms with E-state index >= 15 is 0 Å². The minimum Gasteiger partial charge on any atom is -0.494 e. The topological polar surface area (TPSA) is 148 Å². The van der Waals surface area contributed by atoms with Crippen LogP contribution in [0.25, 0.3) is 0 Å². The zero-order valence-corrected chi connectivity index (χ0v) is 22.4. The lowest BCUT2D eigenvalue weighted by Crippen LogP contribution is -2.56. The van der Waals surface area contributed by atoms with Gasteiger partial charge in [-0.1, -0.05) is 0 Å². The number of carbonyl (C=O) groups excluding carboxylic acids is 1. The normalized spacial score (nSPS) is 30.7. The molecule has 206 valence electrons. The summed E-state index contributed by atoms with van der Waals surface area (Å²) in [6.45, 7) is 0.353. The maximum absolute atomic E-state index is 13.3. The number of carbonyl (C=O) groups is 1. The van der Waals surface area contributed by atoms with E-state index in [2.05, 4.69) is 4.72 Å². The lowest BCUT2D eigenvalue weighted by molar-refractivity contribution is -0.134. The molecule has 1 aromatic rings. The third-order valence-electron chi connectivity index (χ3n) is 8.83. The molecule has 5 aliphatic rings. The summed E-state index contributed by atoms with van der Waals surface area (Å²) in [5, 5.41) is 9.16. The molecule has 1 amide bonds. The summed E-state index contributed by atoms with van der Waals surface area (Å²) >= 11 is 0. The molecule has 4 aliphatic carbocycles. The highest BCUT2D eigenvalue weighted by Crippen LogP contribution is 2.53. The van der Waals surface area contributed by atoms with Crippen molar-refractivity contribution < 1.29 is 36.3 Å². The van der Waals surface area contributed by atoms with Gasteiger partial charge in [0.2, 0.25) is 10.0 Å². The Labute approximate surface area is 218 Å². The molecule has 37 heavy (non-hydrogen) atoms. The molecular weight excluding hydrogens is 520 g/mol. The molecular formula is C25H36N2O8S2. The lowest BCUT2D eigenvalue weighted by Gasteiger charge is -2.54. The fourth-order valence-corrected chi connectivity index (χ4v) is 10.5. The minimum absolute atomic E-state index is 0.0247. The lowest BCUT2D eigenvalue weighted by atomic mass is 9.54. The van der Waals surface area contributed by atoms with E-state index in [-0.39, 0.29) is 49.4 Å². The second-order valence-corrected chi connectivity index (χ2v) is 15.3. The number of hydrogen-bond donors (Lipinski definition) is 3. The molecule has 4 saturated carbocycles. The van der Waals surface area contributed by atoms with E-state index in [4.69, 9.17) is 14.7 Å². The number of amides is 1. The molecule has 1 heterocycles. The molecule has 12 heteroatoms. The van der Waals surface area contributed by atoms with Crippen LogP contribution < -0.4 is 14.9 Å². The summed E-state index contributed by atoms with van der Waals surface area (Å²) in [7, 11) is -7.53. The van der Waals surface area contributed by atoms with Gasteiger partial charge < -0.3 is 9.47 Å². The van der Waals surface area contributed by atoms with Gasteiger partial charge in [0.15, 0.2) is 14.6 Å². The average molecular weight is 557 g/mol. The number of benzene rings is 1. The van der Waals surface area contributed by atoms with Gasteiger partial charge in [-0.15, -0.1) is 0 Å². The number of rotatable bonds is 10. The van der Waals surface area contributed by atoms with Gasteiger partial charge in [-0.25, -0.2) is 27.0 Å². The first kappa shape index (κ1) is 26.9. The van der Waals surface area contributed by atoms with E-state index < -0.39 is 30.5 Å². The predicted octanol–water partition coefficient (Wildman–Crippen LogP) is 2.03. The number of ether oxygens (including phenoxy) is 2. The third kappa shape index (κ3) is 5.27. The van der Waals surface area contributed by atoms with Crippen LogP contribution in [0, 0.1) is 23.7 Å². The van der Waals surface area contributed by atoms with Crippen LogP contribution in [0.3, 0.4) is 0 Å². The highest BCUT2D eigenvalue weighted by molar-refractivity contribution is 7.93. The summed E-state index contributed by atoms with van der Waals surface area (Å²) in [6, 6.07) is 5.75. The number of sulfone groups is 1. The number of hydroxylamine groups is 1. The van der Waals surface area contributed by atoms with Gasteiger partial charge >= 0.3 is 0 Å². The SMILES string of the molecule is O=C(NO)C1(S(=O)(=O)c2ccc(OCCCS(=O)(=O)NC3C4CC5CC(C4)CC3C5)cc2)CCOCC1. The van der Waals surface area contributed by atoms with Gasteiger partial charge in [0.05, 0.1) is 17.3 Å². The monoisotopic (exact) mass is 556 g/mol. The van der Waals surface area contributed by atoms with Crippen LogP contribution in [0.5, 0.6) is 5.75 Å². The molecule has 10 nitrogen and oxygen atoms in total. The molecule has 0 unspecified atom stereocenters. The van der Waals surface area contributed by atoms with Gasteiger partial charge in [0, 0.05) is 19.3 Å². The summed E-state index contributed by atoms with van der Waals surface area (Å²) in [6.07, 6.45) is 6.09. The molecule has 1 aliphatic heterocycles. The number of nitrogens with one attached hydrogen (secondary N) is 2. The highest BCUT2D eigenvalue weighted by atomic mass is 32.2. The molecule has 4 bridgehead atoms. The van der Waals surface area contributed by atoms with E-state index in [9.17, 15) is 21.6 Å². The smallest absolute Gasteiger partial charge is 0.265 e. The Hall–Kier alpha value is -1.73. The zero-order valence-electron chi connectivity index (χ0n) is 20.8. The molecule has 3 N–H and O–H groups in total. The molecule has 6 rings (SSSR count). The Morgan fingerprint density at radius 2 is 1.57 bits per heavy atom. The van der Waals surface area contributed by atoms with E-state index in [1.807, 2.05) is 0 Å². The fraction of sp³-hybridized carbons (Fsp3) is 0.720. The fourth-order valence-electron chi connectivity index (χ4n) is 7.18. The van der Waals surface area contributed by atoms with Crippen molar-refractivity contribution in [3.63, 3.8) is 0 Å². The molecule has 0 radical (unpaired) electrons. The molecule has 1 saturated heterocycles. The average Bonchev–Trinajstić information content (AvgIpc) is 2.88. The zero-order chi connectivity index (χ0) is 26.3. The van der Waals surface area contributed by atoms with Gasteiger partial charge in [0.1, 0.15) is 5.75 Å². The maximum atomic E-state index is 13.3. The standard InChI is InChI=1S/C25H36N2O8S2/c28-24(26-29)25(6-9-34-10-7-25)37(32,33)22-4-2-21(3-5-22)35-8-1-11-36(30,31)27-23-19-13-17-12-18(15-19)16-20(23)14-17/h2-5,17-20,23,27,29H,1,6-16H2,(H,26,28). The maximum Gasteiger partial charge on any atom is 0.265 e. The highest BCUT2D eigenvalue weighted by Gasteiger charge is 2.52. The number of sulfonamides is 1. The summed E-state index contributed by atoms with van der Waals surface area (Å²) in [5.41, 5.74) is 1.50. The van der Waals surface area contributed by atoms with Crippen LogP contribution in [0.2, 0.25) is 0 Å². The first-order valence-electron chi connectivity index (χ1n) is 13.1. The van der Waals surface area contributed by atoms with Gasteiger partial charge in [-0.3, -0.25) is 10.0 Å². The van der Waals surface area contributed by atoms with Gasteiger partial charge in [0.25, 0.3) is 5.91 Å². The van der Waals surface area contributed by atoms with Crippen molar-refractivity contribution in [2.75, 3.05) is 25.6 Å². The van der Waals surface area contributed by atoms with Crippen LogP contribution in [-0.2, 0) is 29.4 Å². The van der Waals surface area contributed by atoms with Crippen molar-refractivity contribution in [3.05, 3.63) is 24.3 Å². The van der Waals surface area contributed by atoms with Crippen molar-refractivity contribution in [1.82, 2.24) is 10.2 Å². The van der Waals surface area contributed by atoms with Crippen LogP contribution >= 0.6 is 0 Å². The van der Waals surface area contributed by atoms with Crippen LogP contribution in [0.15, 0.2) is 29.2 Å². The first-order valence-corrected chi connectivity index (χ1v) is 16.3. The third-order valence-corrected chi connectivity index (χ3v) is 12.8. The Kier molecular flexibility index (Phi) is 7.58. The van der Waals surface area contributed by atoms with Crippen molar-refractivity contribution in [2.45, 2.75) is 67.1 Å². The predicted molar refractivity (Wildman–Crippen MR) is 134 cm³/mol. The minimum atomic E-state index is -4.11. The largest absolute Gasteiger partial charge is 0.494 e. The summed E-state index contributed by atoms with van der Waals surface area (Å²) in [4.78, 5) is 12.3. The Morgan fingerprint density at radius 3 is 2.14 bits per heavy atom. The van der Waals surface area contributed by atoms with Crippen molar-refractivity contribution in [3.8, 4) is 5.75 Å². The van der Waals surface area contributed by atoms with E-state index in [0.29, 0.717) is 24.0 Å². The Bertz CT molecular complexity index is 1170. The molecule has 0 spiro atoms. The molecule has 0 aromatic heterocycles. The summed E-state index contributed by atoms with van der Waals surface area (Å²) < 4.78 is 64.2. The second-order valence-electron chi connectivity index (χ2n) is 11.1. The van der Waals surface area contributed by atoms with Crippen molar-refractivity contribution >= 4 is 25.8 Å². The second kappa shape index (κ2) is 10.4. The van der Waals surface area contributed by atoms with Gasteiger partial charge in [-0.2, -0.15) is 0 Å². The van der Waals surface area contributed by atoms with Crippen LogP contribution in [0.4, 0.5) is 0 Å². The molecule has 1 aromatic carbocycles. The molecule has 5 fully saturated rings. The Morgan fingerprint density at radius 1 is 0.973 bits per heavy atom. The molecule has 0 atom stereocenters. The van der Waals surface area contributed by atoms with Gasteiger partial charge in [-0.05, 0) is 99.3 Å². The van der Waals surface area contributed by atoms with E-state index in [0.717, 1.165) is 37.5 Å². The van der Waals surface area contributed by atoms with E-state index in [1.54, 1.807) is 0 Å². The summed E-state index contributed by atoms with van der Waals surface area (Å²) in [5.74, 6) is 1.92. The number of hydrogen-bond acceptors (Lipinski definition) is 8. The first-order chi connectivity index (χ1) is 17.6. The van der Waals surface area contributed by atoms with Crippen molar-refractivity contribution in [2.24, 2.45) is 23.7 Å².